The van der Waals surface area contributed by atoms with E-state index in [2.05, 4.69) is 21.1 Å². The Kier molecular flexibility index (Phi) is 3.53. The molecule has 138 valence electrons. The number of rotatable bonds is 6. The van der Waals surface area contributed by atoms with Gasteiger partial charge in [0.15, 0.2) is 0 Å². The van der Waals surface area contributed by atoms with E-state index in [0.29, 0.717) is 19.5 Å². The molecule has 3 heterocycles. The van der Waals surface area contributed by atoms with E-state index in [1.165, 1.54) is 11.2 Å². The maximum absolute atomic E-state index is 12.8. The van der Waals surface area contributed by atoms with Crippen molar-refractivity contribution in [2.24, 2.45) is 0 Å². The molecule has 27 heavy (non-hydrogen) atoms. The molecule has 2 aliphatic rings. The highest BCUT2D eigenvalue weighted by Crippen LogP contribution is 2.43. The van der Waals surface area contributed by atoms with Crippen molar-refractivity contribution in [3.63, 3.8) is 0 Å². The average molecular weight is 364 g/mol. The summed E-state index contributed by atoms with van der Waals surface area (Å²) in [5, 5.41) is 5.36. The highest BCUT2D eigenvalue weighted by atomic mass is 16.2. The van der Waals surface area contributed by atoms with Gasteiger partial charge >= 0.3 is 6.03 Å². The summed E-state index contributed by atoms with van der Waals surface area (Å²) in [6.45, 7) is 1.04. The molecule has 8 heteroatoms. The van der Waals surface area contributed by atoms with E-state index >= 15 is 0 Å². The minimum absolute atomic E-state index is 0.130. The average Bonchev–Trinajstić information content (AvgIpc) is 3.03. The number of aromatic nitrogens is 4. The highest BCUT2D eigenvalue weighted by Gasteiger charge is 2.50. The summed E-state index contributed by atoms with van der Waals surface area (Å²) in [7, 11) is 0. The Hall–Kier alpha value is -3.16. The molecule has 0 bridgehead atoms. The number of H-pyrrole nitrogens is 1. The van der Waals surface area contributed by atoms with Gasteiger partial charge in [-0.15, -0.1) is 0 Å². The van der Waals surface area contributed by atoms with Gasteiger partial charge in [-0.25, -0.2) is 14.5 Å². The topological polar surface area (TPSA) is 87.1 Å². The van der Waals surface area contributed by atoms with E-state index < -0.39 is 0 Å². The smallest absolute Gasteiger partial charge is 0.327 e. The van der Waals surface area contributed by atoms with Crippen molar-refractivity contribution in [1.82, 2.24) is 29.5 Å². The Bertz CT molecular complexity index is 1000. The molecule has 0 unspecified atom stereocenters. The van der Waals surface area contributed by atoms with E-state index in [4.69, 9.17) is 0 Å². The molecule has 8 nitrogen and oxygen atoms in total. The summed E-state index contributed by atoms with van der Waals surface area (Å²) in [6, 6.07) is 7.84. The number of fused-ring (bicyclic) bond motifs is 1. The van der Waals surface area contributed by atoms with Crippen LogP contribution in [0.25, 0.3) is 10.9 Å². The Morgan fingerprint density at radius 1 is 1.19 bits per heavy atom. The fourth-order valence-electron chi connectivity index (χ4n) is 3.92. The van der Waals surface area contributed by atoms with Crippen molar-refractivity contribution in [3.05, 3.63) is 48.7 Å². The lowest BCUT2D eigenvalue weighted by atomic mass is 10.1. The molecule has 1 saturated carbocycles. The van der Waals surface area contributed by atoms with Crippen LogP contribution in [0.4, 0.5) is 4.79 Å². The zero-order valence-corrected chi connectivity index (χ0v) is 14.8. The zero-order valence-electron chi connectivity index (χ0n) is 14.8. The number of hydrogen-bond acceptors (Lipinski definition) is 4. The van der Waals surface area contributed by atoms with Gasteiger partial charge in [0.1, 0.15) is 19.2 Å². The summed E-state index contributed by atoms with van der Waals surface area (Å²) < 4.78 is 1.82. The molecule has 3 amide bonds. The number of nitrogens with one attached hydrogen (secondary N) is 1. The number of imide groups is 1. The van der Waals surface area contributed by atoms with Crippen LogP contribution in [0.15, 0.2) is 43.1 Å². The maximum Gasteiger partial charge on any atom is 0.327 e. The van der Waals surface area contributed by atoms with Crippen LogP contribution in [0.3, 0.4) is 0 Å². The number of benzene rings is 1. The summed E-state index contributed by atoms with van der Waals surface area (Å²) in [5.74, 6) is -0.130. The number of carbonyl (C=O) groups is 2. The van der Waals surface area contributed by atoms with Gasteiger partial charge in [0, 0.05) is 30.2 Å². The second-order valence-electron chi connectivity index (χ2n) is 7.36. The predicted molar refractivity (Wildman–Crippen MR) is 97.9 cm³/mol. The van der Waals surface area contributed by atoms with Crippen molar-refractivity contribution in [1.29, 1.82) is 0 Å². The molecule has 2 aromatic heterocycles. The van der Waals surface area contributed by atoms with Gasteiger partial charge in [-0.2, -0.15) is 5.10 Å². The number of amides is 3. The molecule has 0 radical (unpaired) electrons. The molecule has 1 aliphatic carbocycles. The first-order valence-electron chi connectivity index (χ1n) is 9.16. The van der Waals surface area contributed by atoms with Crippen LogP contribution in [0, 0.1) is 0 Å². The van der Waals surface area contributed by atoms with Gasteiger partial charge < -0.3 is 9.88 Å². The molecule has 1 aromatic carbocycles. The third kappa shape index (κ3) is 2.68. The third-order valence-corrected chi connectivity index (χ3v) is 5.63. The normalized spacial score (nSPS) is 18.7. The Balaban J connectivity index is 1.27. The largest absolute Gasteiger partial charge is 0.361 e. The second kappa shape index (κ2) is 5.94. The Labute approximate surface area is 155 Å². The van der Waals surface area contributed by atoms with Crippen LogP contribution in [0.2, 0.25) is 0 Å². The summed E-state index contributed by atoms with van der Waals surface area (Å²) in [4.78, 5) is 35.5. The monoisotopic (exact) mass is 364 g/mol. The first-order valence-corrected chi connectivity index (χ1v) is 9.16. The van der Waals surface area contributed by atoms with E-state index in [1.54, 1.807) is 11.2 Å². The van der Waals surface area contributed by atoms with Gasteiger partial charge in [0.25, 0.3) is 0 Å². The molecule has 1 saturated heterocycles. The first kappa shape index (κ1) is 16.0. The Morgan fingerprint density at radius 3 is 2.81 bits per heavy atom. The molecule has 1 aliphatic heterocycles. The molecule has 0 spiro atoms. The van der Waals surface area contributed by atoms with Crippen molar-refractivity contribution >= 4 is 22.8 Å². The number of urea groups is 1. The predicted octanol–water partition coefficient (Wildman–Crippen LogP) is 1.76. The summed E-state index contributed by atoms with van der Waals surface area (Å²) in [5.41, 5.74) is 1.99. The number of nitrogens with zero attached hydrogens (tertiary/aromatic N) is 5. The lowest BCUT2D eigenvalue weighted by Gasteiger charge is -2.23. The Morgan fingerprint density at radius 2 is 2.04 bits per heavy atom. The van der Waals surface area contributed by atoms with Crippen LogP contribution < -0.4 is 0 Å². The van der Waals surface area contributed by atoms with Gasteiger partial charge in [-0.3, -0.25) is 9.69 Å². The maximum atomic E-state index is 12.8. The van der Waals surface area contributed by atoms with Gasteiger partial charge in [-0.05, 0) is 30.9 Å². The molecule has 2 fully saturated rings. The summed E-state index contributed by atoms with van der Waals surface area (Å²) >= 11 is 0. The zero-order chi connectivity index (χ0) is 18.4. The van der Waals surface area contributed by atoms with E-state index in [9.17, 15) is 9.59 Å². The number of hydrogen-bond donors (Lipinski definition) is 1. The van der Waals surface area contributed by atoms with Crippen LogP contribution in [-0.4, -0.2) is 61.1 Å². The van der Waals surface area contributed by atoms with Gasteiger partial charge in [0.05, 0.1) is 5.54 Å². The van der Waals surface area contributed by atoms with Crippen molar-refractivity contribution < 1.29 is 9.59 Å². The lowest BCUT2D eigenvalue weighted by molar-refractivity contribution is -0.125. The second-order valence-corrected chi connectivity index (χ2v) is 7.36. The third-order valence-electron chi connectivity index (χ3n) is 5.63. The highest BCUT2D eigenvalue weighted by molar-refractivity contribution is 6.02. The van der Waals surface area contributed by atoms with E-state index in [0.717, 1.165) is 29.3 Å². The van der Waals surface area contributed by atoms with E-state index in [1.807, 2.05) is 29.1 Å². The minimum atomic E-state index is -0.203. The first-order chi connectivity index (χ1) is 13.2. The molecule has 3 aromatic rings. The fraction of sp³-hybridized carbons (Fsp3) is 0.368. The van der Waals surface area contributed by atoms with E-state index in [-0.39, 0.29) is 24.0 Å². The van der Waals surface area contributed by atoms with Gasteiger partial charge in [-0.1, -0.05) is 18.2 Å². The van der Waals surface area contributed by atoms with Crippen LogP contribution in [-0.2, 0) is 16.8 Å². The van der Waals surface area contributed by atoms with Crippen LogP contribution >= 0.6 is 0 Å². The molecular weight excluding hydrogens is 344 g/mol. The molecule has 0 atom stereocenters. The fourth-order valence-corrected chi connectivity index (χ4v) is 3.92. The van der Waals surface area contributed by atoms with Crippen LogP contribution in [0.5, 0.6) is 0 Å². The standard InChI is InChI=1S/C19H20N6O2/c26-17-10-23(11-19(6-7-19)25-13-20-12-22-25)18(27)24(17)8-5-14-9-21-16-4-2-1-3-15(14)16/h1-4,9,12-13,21H,5-8,10-11H2. The number of aromatic amines is 1. The molecular formula is C19H20N6O2. The summed E-state index contributed by atoms with van der Waals surface area (Å²) in [6.07, 6.45) is 7.68. The van der Waals surface area contributed by atoms with Gasteiger partial charge in [0.2, 0.25) is 5.91 Å². The van der Waals surface area contributed by atoms with Crippen molar-refractivity contribution in [3.8, 4) is 0 Å². The number of carbonyl (C=O) groups excluding carboxylic acids is 2. The SMILES string of the molecule is O=C1CN(CC2(n3cncn3)CC2)C(=O)N1CCc1c[nH]c2ccccc12. The number of para-hydroxylation sites is 1. The minimum Gasteiger partial charge on any atom is -0.361 e. The van der Waals surface area contributed by atoms with Crippen molar-refractivity contribution in [2.45, 2.75) is 24.8 Å². The van der Waals surface area contributed by atoms with Crippen molar-refractivity contribution in [2.75, 3.05) is 19.6 Å². The lowest BCUT2D eigenvalue weighted by Crippen LogP contribution is -2.40. The molecule has 1 N–H and O–H groups in total. The molecule has 5 rings (SSSR count). The quantitative estimate of drug-likeness (QED) is 0.675. The van der Waals surface area contributed by atoms with Crippen LogP contribution in [0.1, 0.15) is 18.4 Å².